The van der Waals surface area contributed by atoms with Crippen LogP contribution in [-0.2, 0) is 20.9 Å². The third kappa shape index (κ3) is 4.22. The molecule has 0 fully saturated rings. The van der Waals surface area contributed by atoms with Crippen LogP contribution in [0.25, 0.3) is 0 Å². The number of hydrogen-bond acceptors (Lipinski definition) is 5. The molecule has 21 heavy (non-hydrogen) atoms. The molecule has 0 amide bonds. The van der Waals surface area contributed by atoms with Crippen molar-refractivity contribution in [3.8, 4) is 0 Å². The number of hydrogen-bond donors (Lipinski definition) is 2. The normalized spacial score (nSPS) is 26.8. The minimum absolute atomic E-state index is 0.0427. The summed E-state index contributed by atoms with van der Waals surface area (Å²) in [6.45, 7) is 2.03. The molecule has 0 aromatic heterocycles. The maximum atomic E-state index is 11.7. The van der Waals surface area contributed by atoms with Crippen LogP contribution in [0.5, 0.6) is 0 Å². The molecule has 114 valence electrons. The lowest BCUT2D eigenvalue weighted by molar-refractivity contribution is -0.224. The van der Waals surface area contributed by atoms with Gasteiger partial charge in [0.05, 0.1) is 13.2 Å². The van der Waals surface area contributed by atoms with Crippen molar-refractivity contribution in [3.05, 3.63) is 48.0 Å². The maximum Gasteiger partial charge on any atom is 0.187 e. The molecule has 1 unspecified atom stereocenters. The van der Waals surface area contributed by atoms with Crippen molar-refractivity contribution in [1.29, 1.82) is 0 Å². The summed E-state index contributed by atoms with van der Waals surface area (Å²) in [7, 11) is 0. The van der Waals surface area contributed by atoms with E-state index < -0.39 is 18.0 Å². The van der Waals surface area contributed by atoms with E-state index in [2.05, 4.69) is 0 Å². The second kappa shape index (κ2) is 6.95. The van der Waals surface area contributed by atoms with E-state index in [0.29, 0.717) is 13.0 Å². The van der Waals surface area contributed by atoms with Gasteiger partial charge < -0.3 is 19.7 Å². The first kappa shape index (κ1) is 15.9. The van der Waals surface area contributed by atoms with Gasteiger partial charge in [0.15, 0.2) is 17.7 Å². The predicted molar refractivity (Wildman–Crippen MR) is 76.4 cm³/mol. The topological polar surface area (TPSA) is 76.0 Å². The second-order valence-corrected chi connectivity index (χ2v) is 5.04. The highest BCUT2D eigenvalue weighted by molar-refractivity contribution is 5.94. The van der Waals surface area contributed by atoms with E-state index >= 15 is 0 Å². The first-order chi connectivity index (χ1) is 10.0. The molecule has 0 radical (unpaired) electrons. The summed E-state index contributed by atoms with van der Waals surface area (Å²) in [6.07, 6.45) is 0.631. The first-order valence-corrected chi connectivity index (χ1v) is 6.97. The van der Waals surface area contributed by atoms with Gasteiger partial charge >= 0.3 is 0 Å². The van der Waals surface area contributed by atoms with E-state index in [9.17, 15) is 15.0 Å². The van der Waals surface area contributed by atoms with E-state index in [1.54, 1.807) is 6.92 Å². The summed E-state index contributed by atoms with van der Waals surface area (Å²) in [5.41, 5.74) is 0.977. The fourth-order valence-corrected chi connectivity index (χ4v) is 2.05. The Bertz CT molecular complexity index is 499. The van der Waals surface area contributed by atoms with Gasteiger partial charge in [-0.3, -0.25) is 4.79 Å². The van der Waals surface area contributed by atoms with Gasteiger partial charge in [-0.1, -0.05) is 37.3 Å². The fraction of sp³-hybridized carbons (Fsp3) is 0.438. The van der Waals surface area contributed by atoms with Crippen molar-refractivity contribution in [1.82, 2.24) is 0 Å². The highest BCUT2D eigenvalue weighted by atomic mass is 16.6. The van der Waals surface area contributed by atoms with E-state index in [-0.39, 0.29) is 12.4 Å². The molecule has 0 saturated carbocycles. The molecule has 5 nitrogen and oxygen atoms in total. The number of ether oxygens (including phenoxy) is 2. The SMILES string of the molecule is CCC1(O)C=CC(=O)[C@@H]([C@@H](O)COCc2ccccc2)O1. The third-order valence-electron chi connectivity index (χ3n) is 3.38. The number of aliphatic hydroxyl groups excluding tert-OH is 1. The van der Waals surface area contributed by atoms with E-state index in [1.807, 2.05) is 30.3 Å². The standard InChI is InChI=1S/C16H20O5/c1-2-16(19)9-8-13(17)15(21-16)14(18)11-20-10-12-6-4-3-5-7-12/h3-9,14-15,18-19H,2,10-11H2,1H3/t14-,15-,16?/m0/s1. The Morgan fingerprint density at radius 2 is 2.10 bits per heavy atom. The van der Waals surface area contributed by atoms with E-state index in [4.69, 9.17) is 9.47 Å². The van der Waals surface area contributed by atoms with Crippen LogP contribution in [0.4, 0.5) is 0 Å². The van der Waals surface area contributed by atoms with E-state index in [1.165, 1.54) is 12.2 Å². The van der Waals surface area contributed by atoms with Crippen molar-refractivity contribution in [3.63, 3.8) is 0 Å². The van der Waals surface area contributed by atoms with Crippen molar-refractivity contribution in [2.45, 2.75) is 37.9 Å². The lowest BCUT2D eigenvalue weighted by Crippen LogP contribution is -2.48. The Balaban J connectivity index is 1.87. The van der Waals surface area contributed by atoms with Gasteiger partial charge in [-0.25, -0.2) is 0 Å². The monoisotopic (exact) mass is 292 g/mol. The molecule has 1 aliphatic rings. The van der Waals surface area contributed by atoms with Crippen molar-refractivity contribution in [2.75, 3.05) is 6.61 Å². The third-order valence-corrected chi connectivity index (χ3v) is 3.38. The number of benzene rings is 1. The molecule has 0 saturated heterocycles. The minimum atomic E-state index is -1.50. The molecule has 1 aliphatic heterocycles. The second-order valence-electron chi connectivity index (χ2n) is 5.04. The fourth-order valence-electron chi connectivity index (χ4n) is 2.05. The Hall–Kier alpha value is -1.53. The Morgan fingerprint density at radius 1 is 1.38 bits per heavy atom. The smallest absolute Gasteiger partial charge is 0.187 e. The first-order valence-electron chi connectivity index (χ1n) is 6.97. The molecule has 5 heteroatoms. The highest BCUT2D eigenvalue weighted by Crippen LogP contribution is 2.23. The molecule has 0 aliphatic carbocycles. The van der Waals surface area contributed by atoms with Crippen molar-refractivity contribution >= 4 is 5.78 Å². The van der Waals surface area contributed by atoms with Gasteiger partial charge in [0.25, 0.3) is 0 Å². The number of aliphatic hydroxyl groups is 2. The zero-order valence-corrected chi connectivity index (χ0v) is 11.9. The summed E-state index contributed by atoms with van der Waals surface area (Å²) < 4.78 is 10.7. The summed E-state index contributed by atoms with van der Waals surface area (Å²) in [5, 5.41) is 20.0. The molecule has 1 aromatic rings. The van der Waals surface area contributed by atoms with Gasteiger partial charge in [-0.05, 0) is 17.7 Å². The molecule has 1 heterocycles. The van der Waals surface area contributed by atoms with Gasteiger partial charge in [0.2, 0.25) is 0 Å². The molecular formula is C16H20O5. The van der Waals surface area contributed by atoms with Crippen LogP contribution in [0.2, 0.25) is 0 Å². The van der Waals surface area contributed by atoms with Gasteiger partial charge in [-0.15, -0.1) is 0 Å². The molecule has 0 bridgehead atoms. The lowest BCUT2D eigenvalue weighted by atomic mass is 10.0. The summed E-state index contributed by atoms with van der Waals surface area (Å²) >= 11 is 0. The minimum Gasteiger partial charge on any atom is -0.387 e. The average molecular weight is 292 g/mol. The lowest BCUT2D eigenvalue weighted by Gasteiger charge is -2.33. The van der Waals surface area contributed by atoms with Crippen LogP contribution < -0.4 is 0 Å². The van der Waals surface area contributed by atoms with Crippen LogP contribution in [0.3, 0.4) is 0 Å². The van der Waals surface area contributed by atoms with Crippen LogP contribution in [-0.4, -0.2) is 40.6 Å². The van der Waals surface area contributed by atoms with E-state index in [0.717, 1.165) is 5.56 Å². The van der Waals surface area contributed by atoms with Crippen LogP contribution >= 0.6 is 0 Å². The van der Waals surface area contributed by atoms with Gasteiger partial charge in [0.1, 0.15) is 6.10 Å². The Kier molecular flexibility index (Phi) is 5.25. The number of ketones is 1. The van der Waals surface area contributed by atoms with Crippen LogP contribution in [0, 0.1) is 0 Å². The summed E-state index contributed by atoms with van der Waals surface area (Å²) in [6, 6.07) is 9.52. The highest BCUT2D eigenvalue weighted by Gasteiger charge is 2.38. The molecule has 3 atom stereocenters. The van der Waals surface area contributed by atoms with Crippen LogP contribution in [0.1, 0.15) is 18.9 Å². The molecule has 2 rings (SSSR count). The number of carbonyl (C=O) groups is 1. The molecule has 1 aromatic carbocycles. The largest absolute Gasteiger partial charge is 0.387 e. The summed E-state index contributed by atoms with van der Waals surface area (Å²) in [4.78, 5) is 11.7. The van der Waals surface area contributed by atoms with Crippen molar-refractivity contribution < 1.29 is 24.5 Å². The average Bonchev–Trinajstić information content (AvgIpc) is 2.51. The van der Waals surface area contributed by atoms with Crippen LogP contribution in [0.15, 0.2) is 42.5 Å². The van der Waals surface area contributed by atoms with Gasteiger partial charge in [0, 0.05) is 6.42 Å². The van der Waals surface area contributed by atoms with Gasteiger partial charge in [-0.2, -0.15) is 0 Å². The quantitative estimate of drug-likeness (QED) is 0.823. The zero-order chi connectivity index (χ0) is 15.3. The number of rotatable bonds is 6. The zero-order valence-electron chi connectivity index (χ0n) is 11.9. The summed E-state index contributed by atoms with van der Waals surface area (Å²) in [5.74, 6) is -1.87. The Labute approximate surface area is 123 Å². The molecule has 0 spiro atoms. The molecular weight excluding hydrogens is 272 g/mol. The number of carbonyl (C=O) groups excluding carboxylic acids is 1. The predicted octanol–water partition coefficient (Wildman–Crippen LogP) is 1.19. The Morgan fingerprint density at radius 3 is 2.76 bits per heavy atom. The molecule has 2 N–H and O–H groups in total. The maximum absolute atomic E-state index is 11.7. The van der Waals surface area contributed by atoms with Crippen molar-refractivity contribution in [2.24, 2.45) is 0 Å².